The van der Waals surface area contributed by atoms with E-state index in [1.54, 1.807) is 0 Å². The van der Waals surface area contributed by atoms with Crippen molar-refractivity contribution in [3.05, 3.63) is 48.0 Å². The topological polar surface area (TPSA) is 73.8 Å². The fourth-order valence-electron chi connectivity index (χ4n) is 2.32. The smallest absolute Gasteiger partial charge is 0.215 e. The predicted molar refractivity (Wildman–Crippen MR) is 105 cm³/mol. The van der Waals surface area contributed by atoms with E-state index in [4.69, 9.17) is 0 Å². The Morgan fingerprint density at radius 3 is 2.72 bits per heavy atom. The summed E-state index contributed by atoms with van der Waals surface area (Å²) in [5, 5.41) is 3.29. The van der Waals surface area contributed by atoms with Crippen LogP contribution in [-0.4, -0.2) is 46.5 Å². The molecule has 0 aliphatic carbocycles. The van der Waals surface area contributed by atoms with Crippen LogP contribution in [0.15, 0.2) is 41.9 Å². The molecular formula is C18H30N4O2S. The highest BCUT2D eigenvalue weighted by molar-refractivity contribution is 7.88. The summed E-state index contributed by atoms with van der Waals surface area (Å²) in [5.74, 6) is 0.822. The SMILES string of the molecule is C=CCCCN(C)C(=NCc1cccc(CS(=O)(=O)NC)c1)NCC. The van der Waals surface area contributed by atoms with E-state index < -0.39 is 10.0 Å². The van der Waals surface area contributed by atoms with Gasteiger partial charge in [-0.1, -0.05) is 30.3 Å². The lowest BCUT2D eigenvalue weighted by atomic mass is 10.1. The predicted octanol–water partition coefficient (Wildman–Crippen LogP) is 2.10. The third-order valence-electron chi connectivity index (χ3n) is 3.67. The van der Waals surface area contributed by atoms with Gasteiger partial charge in [-0.3, -0.25) is 0 Å². The Kier molecular flexibility index (Phi) is 9.23. The third kappa shape index (κ3) is 8.18. The highest BCUT2D eigenvalue weighted by atomic mass is 32.2. The van der Waals surface area contributed by atoms with Gasteiger partial charge >= 0.3 is 0 Å². The second-order valence-electron chi connectivity index (χ2n) is 5.81. The molecule has 0 aliphatic heterocycles. The first kappa shape index (κ1) is 21.2. The van der Waals surface area contributed by atoms with Crippen molar-refractivity contribution in [2.75, 3.05) is 27.2 Å². The van der Waals surface area contributed by atoms with Crippen molar-refractivity contribution >= 4 is 16.0 Å². The first-order chi connectivity index (χ1) is 11.9. The molecular weight excluding hydrogens is 336 g/mol. The number of rotatable bonds is 10. The summed E-state index contributed by atoms with van der Waals surface area (Å²) in [6.45, 7) is 7.98. The molecule has 0 unspecified atom stereocenters. The number of hydrogen-bond acceptors (Lipinski definition) is 3. The van der Waals surface area contributed by atoms with Crippen LogP contribution in [-0.2, 0) is 22.3 Å². The van der Waals surface area contributed by atoms with E-state index >= 15 is 0 Å². The van der Waals surface area contributed by atoms with Gasteiger partial charge in [-0.25, -0.2) is 18.1 Å². The van der Waals surface area contributed by atoms with Crippen molar-refractivity contribution in [1.29, 1.82) is 0 Å². The Hall–Kier alpha value is -1.86. The van der Waals surface area contributed by atoms with Gasteiger partial charge in [0, 0.05) is 20.1 Å². The second kappa shape index (κ2) is 10.9. The Labute approximate surface area is 152 Å². The van der Waals surface area contributed by atoms with Crippen molar-refractivity contribution in [1.82, 2.24) is 14.9 Å². The highest BCUT2D eigenvalue weighted by Crippen LogP contribution is 2.10. The van der Waals surface area contributed by atoms with Crippen molar-refractivity contribution in [2.45, 2.75) is 32.1 Å². The van der Waals surface area contributed by atoms with Crippen LogP contribution in [0.5, 0.6) is 0 Å². The summed E-state index contributed by atoms with van der Waals surface area (Å²) in [6, 6.07) is 7.53. The number of unbranched alkanes of at least 4 members (excludes halogenated alkanes) is 1. The van der Waals surface area contributed by atoms with E-state index in [1.807, 2.05) is 44.3 Å². The average molecular weight is 367 g/mol. The Balaban J connectivity index is 2.80. The number of guanidine groups is 1. The molecule has 6 nitrogen and oxygen atoms in total. The van der Waals surface area contributed by atoms with Crippen molar-refractivity contribution in [3.8, 4) is 0 Å². The minimum Gasteiger partial charge on any atom is -0.357 e. The fraction of sp³-hybridized carbons (Fsp3) is 0.500. The number of aliphatic imine (C=N–C) groups is 1. The molecule has 0 aromatic heterocycles. The van der Waals surface area contributed by atoms with Gasteiger partial charge in [0.2, 0.25) is 10.0 Å². The number of benzene rings is 1. The Morgan fingerprint density at radius 2 is 2.08 bits per heavy atom. The van der Waals surface area contributed by atoms with Gasteiger partial charge in [-0.15, -0.1) is 6.58 Å². The first-order valence-corrected chi connectivity index (χ1v) is 10.2. The molecule has 0 heterocycles. The van der Waals surface area contributed by atoms with E-state index in [0.29, 0.717) is 6.54 Å². The normalized spacial score (nSPS) is 12.0. The molecule has 1 aromatic rings. The third-order valence-corrected chi connectivity index (χ3v) is 5.00. The van der Waals surface area contributed by atoms with E-state index in [2.05, 4.69) is 26.5 Å². The zero-order chi connectivity index (χ0) is 18.7. The van der Waals surface area contributed by atoms with Gasteiger partial charge < -0.3 is 10.2 Å². The Morgan fingerprint density at radius 1 is 1.36 bits per heavy atom. The van der Waals surface area contributed by atoms with Crippen molar-refractivity contribution in [2.24, 2.45) is 4.99 Å². The Bertz CT molecular complexity index is 671. The summed E-state index contributed by atoms with van der Waals surface area (Å²) in [6.07, 6.45) is 3.93. The van der Waals surface area contributed by atoms with Gasteiger partial charge in [0.1, 0.15) is 0 Å². The molecule has 1 aromatic carbocycles. The van der Waals surface area contributed by atoms with Crippen LogP contribution in [0.4, 0.5) is 0 Å². The summed E-state index contributed by atoms with van der Waals surface area (Å²) in [4.78, 5) is 6.76. The molecule has 0 spiro atoms. The zero-order valence-electron chi connectivity index (χ0n) is 15.5. The van der Waals surface area contributed by atoms with Crippen LogP contribution in [0, 0.1) is 0 Å². The lowest BCUT2D eigenvalue weighted by Crippen LogP contribution is -2.39. The van der Waals surface area contributed by atoms with Crippen LogP contribution in [0.2, 0.25) is 0 Å². The van der Waals surface area contributed by atoms with Gasteiger partial charge in [0.15, 0.2) is 5.96 Å². The molecule has 0 radical (unpaired) electrons. The lowest BCUT2D eigenvalue weighted by molar-refractivity contribution is 0.470. The standard InChI is InChI=1S/C18H30N4O2S/c1-5-7-8-12-22(4)18(20-6-2)21-14-16-10-9-11-17(13-16)15-25(23,24)19-3/h5,9-11,13,19H,1,6-8,12,14-15H2,2-4H3,(H,20,21). The summed E-state index contributed by atoms with van der Waals surface area (Å²) in [5.41, 5.74) is 1.74. The zero-order valence-corrected chi connectivity index (χ0v) is 16.3. The molecule has 1 rings (SSSR count). The number of nitrogens with one attached hydrogen (secondary N) is 2. The largest absolute Gasteiger partial charge is 0.357 e. The monoisotopic (exact) mass is 366 g/mol. The van der Waals surface area contributed by atoms with Crippen LogP contribution >= 0.6 is 0 Å². The molecule has 0 saturated carbocycles. The van der Waals surface area contributed by atoms with Crippen molar-refractivity contribution in [3.63, 3.8) is 0 Å². The van der Waals surface area contributed by atoms with Crippen molar-refractivity contribution < 1.29 is 8.42 Å². The molecule has 25 heavy (non-hydrogen) atoms. The minimum absolute atomic E-state index is 0.0252. The fourth-order valence-corrected chi connectivity index (χ4v) is 3.09. The quantitative estimate of drug-likeness (QED) is 0.288. The van der Waals surface area contributed by atoms with Crippen LogP contribution in [0.1, 0.15) is 30.9 Å². The van der Waals surface area contributed by atoms with Crippen LogP contribution in [0.25, 0.3) is 0 Å². The number of allylic oxidation sites excluding steroid dienone is 1. The minimum atomic E-state index is -3.27. The maximum Gasteiger partial charge on any atom is 0.215 e. The average Bonchev–Trinajstić information content (AvgIpc) is 2.58. The molecule has 0 bridgehead atoms. The maximum atomic E-state index is 11.7. The summed E-state index contributed by atoms with van der Waals surface area (Å²) < 4.78 is 25.7. The molecule has 2 N–H and O–H groups in total. The van der Waals surface area contributed by atoms with Gasteiger partial charge in [-0.2, -0.15) is 0 Å². The molecule has 0 fully saturated rings. The van der Waals surface area contributed by atoms with E-state index in [0.717, 1.165) is 43.0 Å². The van der Waals surface area contributed by atoms with Gasteiger partial charge in [0.05, 0.1) is 12.3 Å². The number of hydrogen-bond donors (Lipinski definition) is 2. The molecule has 140 valence electrons. The van der Waals surface area contributed by atoms with E-state index in [-0.39, 0.29) is 5.75 Å². The van der Waals surface area contributed by atoms with Gasteiger partial charge in [0.25, 0.3) is 0 Å². The summed E-state index contributed by atoms with van der Waals surface area (Å²) in [7, 11) is 0.169. The first-order valence-electron chi connectivity index (χ1n) is 8.51. The molecule has 0 amide bonds. The molecule has 0 aliphatic rings. The molecule has 0 saturated heterocycles. The maximum absolute atomic E-state index is 11.7. The van der Waals surface area contributed by atoms with E-state index in [9.17, 15) is 8.42 Å². The number of nitrogens with zero attached hydrogens (tertiary/aromatic N) is 2. The number of sulfonamides is 1. The highest BCUT2D eigenvalue weighted by Gasteiger charge is 2.09. The molecule has 7 heteroatoms. The second-order valence-corrected chi connectivity index (χ2v) is 7.73. The molecule has 0 atom stereocenters. The van der Waals surface area contributed by atoms with Crippen LogP contribution < -0.4 is 10.0 Å². The van der Waals surface area contributed by atoms with E-state index in [1.165, 1.54) is 7.05 Å². The lowest BCUT2D eigenvalue weighted by Gasteiger charge is -2.21. The van der Waals surface area contributed by atoms with Gasteiger partial charge in [-0.05, 0) is 37.9 Å². The summed E-state index contributed by atoms with van der Waals surface area (Å²) >= 11 is 0. The van der Waals surface area contributed by atoms with Crippen LogP contribution in [0.3, 0.4) is 0 Å².